The molecular formula is C15H13ClFNO2. The number of nitrogens with two attached hydrogens (primary N) is 1. The van der Waals surface area contributed by atoms with Crippen LogP contribution in [0.15, 0.2) is 36.4 Å². The maximum Gasteiger partial charge on any atom is 0.340 e. The predicted octanol–water partition coefficient (Wildman–Crippen LogP) is 3.73. The van der Waals surface area contributed by atoms with Gasteiger partial charge in [-0.1, -0.05) is 17.7 Å². The number of carbonyl (C=O) groups is 1. The van der Waals surface area contributed by atoms with Crippen molar-refractivity contribution in [2.24, 2.45) is 0 Å². The summed E-state index contributed by atoms with van der Waals surface area (Å²) < 4.78 is 18.3. The van der Waals surface area contributed by atoms with Gasteiger partial charge in [-0.25, -0.2) is 9.18 Å². The van der Waals surface area contributed by atoms with Crippen molar-refractivity contribution >= 4 is 23.3 Å². The van der Waals surface area contributed by atoms with E-state index in [1.54, 1.807) is 12.1 Å². The lowest BCUT2D eigenvalue weighted by Gasteiger charge is -2.09. The number of hydrogen-bond donors (Lipinski definition) is 1. The molecule has 0 aliphatic carbocycles. The molecule has 0 saturated carbocycles. The number of anilines is 1. The van der Waals surface area contributed by atoms with Crippen LogP contribution < -0.4 is 5.73 Å². The quantitative estimate of drug-likeness (QED) is 0.693. The molecule has 20 heavy (non-hydrogen) atoms. The molecule has 2 aromatic carbocycles. The first kappa shape index (κ1) is 14.3. The number of nitrogen functional groups attached to an aromatic ring is 1. The highest BCUT2D eigenvalue weighted by Crippen LogP contribution is 2.20. The fourth-order valence-electron chi connectivity index (χ4n) is 1.72. The second-order valence-electron chi connectivity index (χ2n) is 4.38. The number of benzene rings is 2. The zero-order valence-corrected chi connectivity index (χ0v) is 11.6. The molecule has 2 aromatic rings. The Balaban J connectivity index is 2.12. The highest BCUT2D eigenvalue weighted by Gasteiger charge is 2.13. The predicted molar refractivity (Wildman–Crippen MR) is 76.1 cm³/mol. The third-order valence-electron chi connectivity index (χ3n) is 2.91. The van der Waals surface area contributed by atoms with Crippen molar-refractivity contribution in [3.8, 4) is 0 Å². The minimum atomic E-state index is -0.589. The molecule has 5 heteroatoms. The van der Waals surface area contributed by atoms with Crippen molar-refractivity contribution in [1.29, 1.82) is 0 Å². The lowest BCUT2D eigenvalue weighted by Crippen LogP contribution is -2.09. The van der Waals surface area contributed by atoms with E-state index in [4.69, 9.17) is 22.1 Å². The van der Waals surface area contributed by atoms with Crippen LogP contribution in [0.25, 0.3) is 0 Å². The summed E-state index contributed by atoms with van der Waals surface area (Å²) in [5, 5.41) is 0.396. The van der Waals surface area contributed by atoms with Crippen molar-refractivity contribution in [3.05, 3.63) is 63.9 Å². The van der Waals surface area contributed by atoms with E-state index in [2.05, 4.69) is 0 Å². The molecule has 0 amide bonds. The summed E-state index contributed by atoms with van der Waals surface area (Å²) in [5.74, 6) is -0.961. The molecule has 0 unspecified atom stereocenters. The normalized spacial score (nSPS) is 10.3. The van der Waals surface area contributed by atoms with Crippen LogP contribution in [-0.4, -0.2) is 5.97 Å². The van der Waals surface area contributed by atoms with E-state index in [-0.39, 0.29) is 23.7 Å². The number of aryl methyl sites for hydroxylation is 1. The molecule has 0 bridgehead atoms. The van der Waals surface area contributed by atoms with E-state index in [1.807, 2.05) is 6.92 Å². The Kier molecular flexibility index (Phi) is 4.25. The lowest BCUT2D eigenvalue weighted by molar-refractivity contribution is 0.0473. The first-order valence-electron chi connectivity index (χ1n) is 5.94. The summed E-state index contributed by atoms with van der Waals surface area (Å²) in [5.41, 5.74) is 7.64. The molecule has 0 spiro atoms. The molecule has 0 aliphatic rings. The molecule has 0 aromatic heterocycles. The van der Waals surface area contributed by atoms with Crippen LogP contribution in [0.1, 0.15) is 21.5 Å². The number of ether oxygens (including phenoxy) is 1. The standard InChI is InChI=1S/C15H13ClFNO2/c1-9-2-4-12(17)6-10(9)8-20-15(19)13-7-11(16)3-5-14(13)18/h2-7H,8,18H2,1H3. The van der Waals surface area contributed by atoms with E-state index in [1.165, 1.54) is 24.3 Å². The zero-order valence-electron chi connectivity index (χ0n) is 10.8. The monoisotopic (exact) mass is 293 g/mol. The molecule has 2 rings (SSSR count). The van der Waals surface area contributed by atoms with Gasteiger partial charge in [-0.2, -0.15) is 0 Å². The summed E-state index contributed by atoms with van der Waals surface area (Å²) >= 11 is 5.81. The number of halogens is 2. The molecule has 0 aliphatic heterocycles. The maximum atomic E-state index is 13.1. The lowest BCUT2D eigenvalue weighted by atomic mass is 10.1. The SMILES string of the molecule is Cc1ccc(F)cc1COC(=O)c1cc(Cl)ccc1N. The minimum Gasteiger partial charge on any atom is -0.457 e. The minimum absolute atomic E-state index is 0.0195. The summed E-state index contributed by atoms with van der Waals surface area (Å²) in [7, 11) is 0. The summed E-state index contributed by atoms with van der Waals surface area (Å²) in [6, 6.07) is 8.89. The fourth-order valence-corrected chi connectivity index (χ4v) is 1.89. The molecule has 2 N–H and O–H groups in total. The van der Waals surface area contributed by atoms with Crippen molar-refractivity contribution in [3.63, 3.8) is 0 Å². The van der Waals surface area contributed by atoms with Crippen LogP contribution in [0.2, 0.25) is 5.02 Å². The van der Waals surface area contributed by atoms with Gasteiger partial charge < -0.3 is 10.5 Å². The van der Waals surface area contributed by atoms with Gasteiger partial charge in [-0.05, 0) is 48.4 Å². The molecule has 3 nitrogen and oxygen atoms in total. The van der Waals surface area contributed by atoms with Crippen LogP contribution in [0.5, 0.6) is 0 Å². The van der Waals surface area contributed by atoms with Crippen molar-refractivity contribution in [1.82, 2.24) is 0 Å². The largest absolute Gasteiger partial charge is 0.457 e. The highest BCUT2D eigenvalue weighted by atomic mass is 35.5. The van der Waals surface area contributed by atoms with Gasteiger partial charge in [-0.3, -0.25) is 0 Å². The first-order valence-corrected chi connectivity index (χ1v) is 6.32. The van der Waals surface area contributed by atoms with Gasteiger partial charge in [-0.15, -0.1) is 0 Å². The summed E-state index contributed by atoms with van der Waals surface area (Å²) in [4.78, 5) is 11.9. The second-order valence-corrected chi connectivity index (χ2v) is 4.81. The number of rotatable bonds is 3. The maximum absolute atomic E-state index is 13.1. The summed E-state index contributed by atoms with van der Waals surface area (Å²) in [6.45, 7) is 1.80. The number of carbonyl (C=O) groups excluding carboxylic acids is 1. The Bertz CT molecular complexity index is 658. The van der Waals surface area contributed by atoms with Gasteiger partial charge >= 0.3 is 5.97 Å². The van der Waals surface area contributed by atoms with Gasteiger partial charge in [0.15, 0.2) is 0 Å². The van der Waals surface area contributed by atoms with Crippen LogP contribution in [0.4, 0.5) is 10.1 Å². The Morgan fingerprint density at radius 3 is 2.80 bits per heavy atom. The van der Waals surface area contributed by atoms with E-state index >= 15 is 0 Å². The fraction of sp³-hybridized carbons (Fsp3) is 0.133. The highest BCUT2D eigenvalue weighted by molar-refractivity contribution is 6.31. The second kappa shape index (κ2) is 5.92. The third kappa shape index (κ3) is 3.27. The van der Waals surface area contributed by atoms with E-state index < -0.39 is 5.97 Å². The first-order chi connectivity index (χ1) is 9.47. The van der Waals surface area contributed by atoms with E-state index in [0.717, 1.165) is 5.56 Å². The van der Waals surface area contributed by atoms with Crippen LogP contribution in [0.3, 0.4) is 0 Å². The van der Waals surface area contributed by atoms with Gasteiger partial charge in [0.1, 0.15) is 12.4 Å². The molecular weight excluding hydrogens is 281 g/mol. The van der Waals surface area contributed by atoms with Gasteiger partial charge in [0, 0.05) is 10.7 Å². The smallest absolute Gasteiger partial charge is 0.340 e. The van der Waals surface area contributed by atoms with Gasteiger partial charge in [0.05, 0.1) is 5.56 Å². The molecule has 0 atom stereocenters. The average Bonchev–Trinajstić information content (AvgIpc) is 2.42. The average molecular weight is 294 g/mol. The third-order valence-corrected chi connectivity index (χ3v) is 3.14. The van der Waals surface area contributed by atoms with Crippen LogP contribution in [0, 0.1) is 12.7 Å². The molecule has 0 heterocycles. The van der Waals surface area contributed by atoms with Crippen molar-refractivity contribution < 1.29 is 13.9 Å². The Hall–Kier alpha value is -2.07. The molecule has 0 radical (unpaired) electrons. The molecule has 0 fully saturated rings. The van der Waals surface area contributed by atoms with Gasteiger partial charge in [0.2, 0.25) is 0 Å². The van der Waals surface area contributed by atoms with E-state index in [0.29, 0.717) is 10.6 Å². The molecule has 0 saturated heterocycles. The van der Waals surface area contributed by atoms with E-state index in [9.17, 15) is 9.18 Å². The number of esters is 1. The van der Waals surface area contributed by atoms with Crippen molar-refractivity contribution in [2.45, 2.75) is 13.5 Å². The van der Waals surface area contributed by atoms with Gasteiger partial charge in [0.25, 0.3) is 0 Å². The number of hydrogen-bond acceptors (Lipinski definition) is 3. The van der Waals surface area contributed by atoms with Crippen LogP contribution >= 0.6 is 11.6 Å². The zero-order chi connectivity index (χ0) is 14.7. The Labute approximate surface area is 121 Å². The molecule has 104 valence electrons. The van der Waals surface area contributed by atoms with Crippen LogP contribution in [-0.2, 0) is 11.3 Å². The Morgan fingerprint density at radius 2 is 2.05 bits per heavy atom. The topological polar surface area (TPSA) is 52.3 Å². The van der Waals surface area contributed by atoms with Crippen molar-refractivity contribution in [2.75, 3.05) is 5.73 Å². The Morgan fingerprint density at radius 1 is 1.30 bits per heavy atom. The summed E-state index contributed by atoms with van der Waals surface area (Å²) in [6.07, 6.45) is 0.